The summed E-state index contributed by atoms with van der Waals surface area (Å²) in [5.74, 6) is -1.70. The summed E-state index contributed by atoms with van der Waals surface area (Å²) < 4.78 is 39.4. The second-order valence-corrected chi connectivity index (χ2v) is 3.73. The highest BCUT2D eigenvalue weighted by Crippen LogP contribution is 2.32. The third-order valence-corrected chi connectivity index (χ3v) is 2.53. The van der Waals surface area contributed by atoms with Crippen molar-refractivity contribution in [1.29, 1.82) is 0 Å². The summed E-state index contributed by atoms with van der Waals surface area (Å²) in [6.45, 7) is 1.37. The van der Waals surface area contributed by atoms with Crippen LogP contribution in [-0.2, 0) is 6.18 Å². The molecule has 5 nitrogen and oxygen atoms in total. The first-order chi connectivity index (χ1) is 8.82. The highest BCUT2D eigenvalue weighted by Gasteiger charge is 2.35. The lowest BCUT2D eigenvalue weighted by atomic mass is 10.2. The van der Waals surface area contributed by atoms with Crippen LogP contribution < -0.4 is 0 Å². The number of nitrogens with zero attached hydrogens (tertiary/aromatic N) is 3. The van der Waals surface area contributed by atoms with Gasteiger partial charge in [0.15, 0.2) is 5.82 Å². The Bertz CT molecular complexity index is 634. The second kappa shape index (κ2) is 4.38. The molecule has 2 heterocycles. The molecule has 0 saturated carbocycles. The minimum Gasteiger partial charge on any atom is -0.478 e. The molecule has 0 spiro atoms. The van der Waals surface area contributed by atoms with E-state index in [9.17, 15) is 18.0 Å². The van der Waals surface area contributed by atoms with Crippen molar-refractivity contribution < 1.29 is 23.1 Å². The molecule has 1 N–H and O–H groups in total. The first-order valence-electron chi connectivity index (χ1n) is 5.13. The summed E-state index contributed by atoms with van der Waals surface area (Å²) in [5.41, 5.74) is -1.06. The fourth-order valence-corrected chi connectivity index (χ4v) is 1.62. The molecule has 0 saturated heterocycles. The topological polar surface area (TPSA) is 68.0 Å². The Morgan fingerprint density at radius 2 is 2.11 bits per heavy atom. The van der Waals surface area contributed by atoms with Crippen molar-refractivity contribution >= 4 is 5.97 Å². The van der Waals surface area contributed by atoms with Gasteiger partial charge in [0.05, 0.1) is 11.9 Å². The average molecular weight is 271 g/mol. The number of alkyl halides is 3. The van der Waals surface area contributed by atoms with Crippen LogP contribution in [0.4, 0.5) is 13.2 Å². The van der Waals surface area contributed by atoms with E-state index in [1.807, 2.05) is 0 Å². The molecule has 2 aromatic heterocycles. The molecule has 0 aliphatic carbocycles. The van der Waals surface area contributed by atoms with E-state index in [1.165, 1.54) is 13.1 Å². The number of halogens is 3. The van der Waals surface area contributed by atoms with Gasteiger partial charge in [-0.1, -0.05) is 0 Å². The van der Waals surface area contributed by atoms with E-state index >= 15 is 0 Å². The van der Waals surface area contributed by atoms with Gasteiger partial charge < -0.3 is 5.11 Å². The van der Waals surface area contributed by atoms with Gasteiger partial charge in [-0.25, -0.2) is 14.5 Å². The van der Waals surface area contributed by atoms with Crippen molar-refractivity contribution in [3.63, 3.8) is 0 Å². The van der Waals surface area contributed by atoms with Gasteiger partial charge in [0.25, 0.3) is 0 Å². The van der Waals surface area contributed by atoms with Crippen LogP contribution in [0.25, 0.3) is 5.82 Å². The van der Waals surface area contributed by atoms with Crippen molar-refractivity contribution in [3.05, 3.63) is 41.3 Å². The Balaban J connectivity index is 2.64. The number of aromatic nitrogens is 3. The molecule has 0 radical (unpaired) electrons. The molecule has 100 valence electrons. The number of aromatic carboxylic acids is 1. The van der Waals surface area contributed by atoms with Gasteiger partial charge in [-0.05, 0) is 19.1 Å². The molecule has 0 aromatic carbocycles. The fraction of sp³-hybridized carbons (Fsp3) is 0.182. The van der Waals surface area contributed by atoms with Gasteiger partial charge in [-0.3, -0.25) is 0 Å². The fourth-order valence-electron chi connectivity index (χ4n) is 1.62. The number of hydrogen-bond donors (Lipinski definition) is 1. The molecule has 0 aliphatic rings. The van der Waals surface area contributed by atoms with Crippen molar-refractivity contribution in [2.45, 2.75) is 13.1 Å². The molecule has 0 atom stereocenters. The van der Waals surface area contributed by atoms with Crippen LogP contribution >= 0.6 is 0 Å². The van der Waals surface area contributed by atoms with Crippen LogP contribution in [0.1, 0.15) is 21.6 Å². The Morgan fingerprint density at radius 3 is 2.63 bits per heavy atom. The van der Waals surface area contributed by atoms with Gasteiger partial charge in [-0.2, -0.15) is 18.3 Å². The van der Waals surface area contributed by atoms with Gasteiger partial charge in [0, 0.05) is 6.20 Å². The second-order valence-electron chi connectivity index (χ2n) is 3.73. The number of hydrogen-bond acceptors (Lipinski definition) is 3. The van der Waals surface area contributed by atoms with E-state index in [-0.39, 0.29) is 11.3 Å². The first kappa shape index (κ1) is 13.1. The third-order valence-electron chi connectivity index (χ3n) is 2.53. The van der Waals surface area contributed by atoms with Crippen molar-refractivity contribution in [2.75, 3.05) is 0 Å². The van der Waals surface area contributed by atoms with E-state index in [0.29, 0.717) is 0 Å². The zero-order valence-electron chi connectivity index (χ0n) is 9.64. The summed E-state index contributed by atoms with van der Waals surface area (Å²) in [6.07, 6.45) is -2.41. The molecule has 0 unspecified atom stereocenters. The summed E-state index contributed by atoms with van der Waals surface area (Å²) in [4.78, 5) is 14.5. The Labute approximate surface area is 105 Å². The van der Waals surface area contributed by atoms with Crippen molar-refractivity contribution in [3.8, 4) is 5.82 Å². The van der Waals surface area contributed by atoms with E-state index in [0.717, 1.165) is 23.0 Å². The standard InChI is InChI=1S/C11H8F3N3O2/c1-6-7(10(18)19)5-16-17(6)9-8(11(12,13)14)3-2-4-15-9/h2-5H,1H3,(H,18,19). The van der Waals surface area contributed by atoms with E-state index < -0.39 is 23.5 Å². The summed E-state index contributed by atoms with van der Waals surface area (Å²) in [5, 5.41) is 12.5. The minimum atomic E-state index is -4.59. The molecule has 0 amide bonds. The van der Waals surface area contributed by atoms with E-state index in [4.69, 9.17) is 5.11 Å². The van der Waals surface area contributed by atoms with E-state index in [2.05, 4.69) is 10.1 Å². The van der Waals surface area contributed by atoms with Gasteiger partial charge in [0.1, 0.15) is 11.1 Å². The largest absolute Gasteiger partial charge is 0.478 e. The predicted molar refractivity (Wildman–Crippen MR) is 58.1 cm³/mol. The minimum absolute atomic E-state index is 0.0803. The van der Waals surface area contributed by atoms with E-state index in [1.54, 1.807) is 0 Å². The Morgan fingerprint density at radius 1 is 1.42 bits per heavy atom. The molecule has 0 fully saturated rings. The lowest BCUT2D eigenvalue weighted by Crippen LogP contribution is -2.14. The normalized spacial score (nSPS) is 11.6. The number of pyridine rings is 1. The Hall–Kier alpha value is -2.38. The van der Waals surface area contributed by atoms with Crippen LogP contribution in [0.2, 0.25) is 0 Å². The number of carboxylic acid groups (broad SMARTS) is 1. The molecule has 2 aromatic rings. The average Bonchev–Trinajstić information content (AvgIpc) is 2.70. The van der Waals surface area contributed by atoms with Gasteiger partial charge in [-0.15, -0.1) is 0 Å². The molecule has 0 aliphatic heterocycles. The van der Waals surface area contributed by atoms with Crippen LogP contribution in [0.5, 0.6) is 0 Å². The monoisotopic (exact) mass is 271 g/mol. The third kappa shape index (κ3) is 2.28. The number of carboxylic acids is 1. The van der Waals surface area contributed by atoms with Crippen LogP contribution in [0.3, 0.4) is 0 Å². The molecular weight excluding hydrogens is 263 g/mol. The first-order valence-corrected chi connectivity index (χ1v) is 5.13. The molecule has 0 bridgehead atoms. The zero-order chi connectivity index (χ0) is 14.2. The highest BCUT2D eigenvalue weighted by molar-refractivity contribution is 5.88. The maximum atomic E-state index is 12.8. The van der Waals surface area contributed by atoms with Crippen molar-refractivity contribution in [1.82, 2.24) is 14.8 Å². The van der Waals surface area contributed by atoms with Gasteiger partial charge in [0.2, 0.25) is 0 Å². The predicted octanol–water partition coefficient (Wildman–Crippen LogP) is 2.29. The van der Waals surface area contributed by atoms with Crippen LogP contribution in [-0.4, -0.2) is 25.8 Å². The van der Waals surface area contributed by atoms with Crippen LogP contribution in [0, 0.1) is 6.92 Å². The zero-order valence-corrected chi connectivity index (χ0v) is 9.64. The maximum Gasteiger partial charge on any atom is 0.420 e. The number of carbonyl (C=O) groups is 1. The lowest BCUT2D eigenvalue weighted by Gasteiger charge is -2.12. The number of rotatable bonds is 2. The SMILES string of the molecule is Cc1c(C(=O)O)cnn1-c1ncccc1C(F)(F)F. The quantitative estimate of drug-likeness (QED) is 0.909. The maximum absolute atomic E-state index is 12.8. The smallest absolute Gasteiger partial charge is 0.420 e. The van der Waals surface area contributed by atoms with Crippen molar-refractivity contribution in [2.24, 2.45) is 0 Å². The highest BCUT2D eigenvalue weighted by atomic mass is 19.4. The Kier molecular flexibility index (Phi) is 3.01. The summed E-state index contributed by atoms with van der Waals surface area (Å²) in [7, 11) is 0. The molecule has 19 heavy (non-hydrogen) atoms. The lowest BCUT2D eigenvalue weighted by molar-refractivity contribution is -0.137. The van der Waals surface area contributed by atoms with Gasteiger partial charge >= 0.3 is 12.1 Å². The summed E-state index contributed by atoms with van der Waals surface area (Å²) in [6, 6.07) is 2.02. The van der Waals surface area contributed by atoms with Crippen LogP contribution in [0.15, 0.2) is 24.5 Å². The molecule has 8 heteroatoms. The summed E-state index contributed by atoms with van der Waals surface area (Å²) >= 11 is 0. The molecular formula is C11H8F3N3O2. The molecule has 2 rings (SSSR count).